The normalized spacial score (nSPS) is 13.7. The molecular weight excluding hydrogens is 346 g/mol. The molecule has 0 bridgehead atoms. The van der Waals surface area contributed by atoms with Gasteiger partial charge >= 0.3 is 15.5 Å². The summed E-state index contributed by atoms with van der Waals surface area (Å²) in [6.45, 7) is 1.21. The van der Waals surface area contributed by atoms with Gasteiger partial charge in [-0.15, -0.1) is 0 Å². The molecule has 2 aromatic carbocycles. The Morgan fingerprint density at radius 1 is 1.04 bits per heavy atom. The molecule has 0 aliphatic heterocycles. The Hall–Kier alpha value is -1.93. The first-order valence-corrected chi connectivity index (χ1v) is 8.51. The van der Waals surface area contributed by atoms with Crippen molar-refractivity contribution in [1.82, 2.24) is 4.72 Å². The highest BCUT2D eigenvalue weighted by molar-refractivity contribution is 7.90. The van der Waals surface area contributed by atoms with Gasteiger partial charge in [-0.3, -0.25) is 0 Å². The smallest absolute Gasteiger partial charge is 0.207 e. The van der Waals surface area contributed by atoms with Crippen LogP contribution < -0.4 is 4.72 Å². The third kappa shape index (κ3) is 4.12. The molecule has 2 aromatic rings. The van der Waals surface area contributed by atoms with Gasteiger partial charge in [-0.2, -0.15) is 13.2 Å². The molecular formula is C16H15F4NO2S. The summed E-state index contributed by atoms with van der Waals surface area (Å²) in [7, 11) is -5.36. The fraction of sp³-hybridized carbons (Fsp3) is 0.250. The number of alkyl halides is 3. The van der Waals surface area contributed by atoms with E-state index in [2.05, 4.69) is 0 Å². The number of benzene rings is 2. The minimum absolute atomic E-state index is 0.378. The van der Waals surface area contributed by atoms with Gasteiger partial charge in [-0.1, -0.05) is 49.4 Å². The second kappa shape index (κ2) is 6.90. The van der Waals surface area contributed by atoms with Crippen LogP contribution >= 0.6 is 0 Å². The lowest BCUT2D eigenvalue weighted by atomic mass is 9.97. The first-order valence-electron chi connectivity index (χ1n) is 7.02. The van der Waals surface area contributed by atoms with E-state index in [-0.39, 0.29) is 12.4 Å². The predicted octanol–water partition coefficient (Wildman–Crippen LogP) is 4.04. The molecule has 0 saturated carbocycles. The van der Waals surface area contributed by atoms with Gasteiger partial charge in [0, 0.05) is 12.1 Å². The van der Waals surface area contributed by atoms with Gasteiger partial charge < -0.3 is 0 Å². The highest BCUT2D eigenvalue weighted by Gasteiger charge is 2.45. The molecule has 0 aliphatic rings. The zero-order valence-electron chi connectivity index (χ0n) is 12.6. The van der Waals surface area contributed by atoms with Crippen molar-refractivity contribution >= 4 is 10.0 Å². The lowest BCUT2D eigenvalue weighted by Gasteiger charge is -2.15. The Labute approximate surface area is 137 Å². The number of rotatable bonds is 5. The van der Waals surface area contributed by atoms with E-state index in [9.17, 15) is 26.0 Å². The Morgan fingerprint density at radius 3 is 2.17 bits per heavy atom. The van der Waals surface area contributed by atoms with E-state index < -0.39 is 21.4 Å². The van der Waals surface area contributed by atoms with Crippen LogP contribution in [0.1, 0.15) is 18.4 Å². The maximum Gasteiger partial charge on any atom is 0.511 e. The van der Waals surface area contributed by atoms with Gasteiger partial charge in [0.1, 0.15) is 5.82 Å². The van der Waals surface area contributed by atoms with Crippen LogP contribution in [0, 0.1) is 5.82 Å². The van der Waals surface area contributed by atoms with Crippen LogP contribution in [0.3, 0.4) is 0 Å². The molecule has 0 spiro atoms. The van der Waals surface area contributed by atoms with E-state index in [4.69, 9.17) is 0 Å². The summed E-state index contributed by atoms with van der Waals surface area (Å²) in [6, 6.07) is 12.8. The molecule has 0 amide bonds. The van der Waals surface area contributed by atoms with E-state index >= 15 is 0 Å². The van der Waals surface area contributed by atoms with Crippen LogP contribution in [0.5, 0.6) is 0 Å². The van der Waals surface area contributed by atoms with Crippen LogP contribution in [0.4, 0.5) is 17.6 Å². The van der Waals surface area contributed by atoms with Crippen molar-refractivity contribution < 1.29 is 26.0 Å². The average molecular weight is 361 g/mol. The van der Waals surface area contributed by atoms with Crippen molar-refractivity contribution in [3.8, 4) is 11.1 Å². The Kier molecular flexibility index (Phi) is 5.29. The van der Waals surface area contributed by atoms with E-state index in [1.807, 2.05) is 0 Å². The maximum absolute atomic E-state index is 13.7. The molecule has 8 heteroatoms. The third-order valence-electron chi connectivity index (χ3n) is 3.55. The van der Waals surface area contributed by atoms with Crippen LogP contribution in [-0.4, -0.2) is 20.5 Å². The highest BCUT2D eigenvalue weighted by Crippen LogP contribution is 2.26. The summed E-state index contributed by atoms with van der Waals surface area (Å²) in [4.78, 5) is 0. The molecule has 0 heterocycles. The average Bonchev–Trinajstić information content (AvgIpc) is 2.52. The molecule has 0 aromatic heterocycles. The molecule has 0 fully saturated rings. The van der Waals surface area contributed by atoms with Gasteiger partial charge in [-0.25, -0.2) is 17.5 Å². The molecule has 1 atom stereocenters. The summed E-state index contributed by atoms with van der Waals surface area (Å²) in [5.74, 6) is -0.854. The Bertz CT molecular complexity index is 802. The molecule has 3 nitrogen and oxygen atoms in total. The highest BCUT2D eigenvalue weighted by atomic mass is 32.2. The number of sulfonamides is 1. The third-order valence-corrected chi connectivity index (χ3v) is 4.70. The van der Waals surface area contributed by atoms with E-state index in [0.717, 1.165) is 0 Å². The largest absolute Gasteiger partial charge is 0.511 e. The van der Waals surface area contributed by atoms with Crippen LogP contribution in [-0.2, 0) is 10.0 Å². The minimum atomic E-state index is -5.36. The quantitative estimate of drug-likeness (QED) is 0.817. The summed E-state index contributed by atoms with van der Waals surface area (Å²) in [5.41, 5.74) is -3.66. The maximum atomic E-state index is 13.7. The number of halogens is 4. The first kappa shape index (κ1) is 18.4. The number of nitrogens with one attached hydrogen (secondary N) is 1. The predicted molar refractivity (Wildman–Crippen MR) is 83.2 cm³/mol. The zero-order chi connectivity index (χ0) is 18.0. The molecule has 0 saturated heterocycles. The van der Waals surface area contributed by atoms with Gasteiger partial charge in [0.2, 0.25) is 0 Å². The van der Waals surface area contributed by atoms with Gasteiger partial charge in [0.25, 0.3) is 0 Å². The van der Waals surface area contributed by atoms with E-state index in [1.54, 1.807) is 49.4 Å². The van der Waals surface area contributed by atoms with Crippen LogP contribution in [0.15, 0.2) is 48.5 Å². The van der Waals surface area contributed by atoms with Gasteiger partial charge in [0.05, 0.1) is 0 Å². The van der Waals surface area contributed by atoms with Crippen molar-refractivity contribution in [3.63, 3.8) is 0 Å². The number of hydrogen-bond donors (Lipinski definition) is 1. The fourth-order valence-corrected chi connectivity index (χ4v) is 2.75. The van der Waals surface area contributed by atoms with Crippen molar-refractivity contribution in [2.24, 2.45) is 0 Å². The molecule has 130 valence electrons. The van der Waals surface area contributed by atoms with Crippen LogP contribution in [0.2, 0.25) is 0 Å². The molecule has 24 heavy (non-hydrogen) atoms. The topological polar surface area (TPSA) is 46.2 Å². The van der Waals surface area contributed by atoms with Gasteiger partial charge in [0.15, 0.2) is 0 Å². The van der Waals surface area contributed by atoms with Crippen molar-refractivity contribution in [2.75, 3.05) is 6.54 Å². The lowest BCUT2D eigenvalue weighted by molar-refractivity contribution is -0.0447. The first-order chi connectivity index (χ1) is 11.1. The van der Waals surface area contributed by atoms with E-state index in [1.165, 1.54) is 10.8 Å². The second-order valence-corrected chi connectivity index (χ2v) is 7.06. The summed E-state index contributed by atoms with van der Waals surface area (Å²) < 4.78 is 74.1. The Morgan fingerprint density at radius 2 is 1.62 bits per heavy atom. The molecule has 1 N–H and O–H groups in total. The summed E-state index contributed by atoms with van der Waals surface area (Å²) in [5, 5.41) is 0. The fourth-order valence-electron chi connectivity index (χ4n) is 2.12. The summed E-state index contributed by atoms with van der Waals surface area (Å²) in [6.07, 6.45) is 0. The van der Waals surface area contributed by atoms with Crippen molar-refractivity contribution in [1.29, 1.82) is 0 Å². The standard InChI is InChI=1S/C16H15F4NO2S/c1-11(10-21-24(22,23)16(18,19)20)12-6-8-13(9-7-12)14-4-2-3-5-15(14)17/h2-9,11,21H,10H2,1H3. The minimum Gasteiger partial charge on any atom is -0.207 e. The van der Waals surface area contributed by atoms with Crippen LogP contribution in [0.25, 0.3) is 11.1 Å². The van der Waals surface area contributed by atoms with Crippen molar-refractivity contribution in [2.45, 2.75) is 18.3 Å². The van der Waals surface area contributed by atoms with Crippen molar-refractivity contribution in [3.05, 3.63) is 59.9 Å². The van der Waals surface area contributed by atoms with E-state index in [0.29, 0.717) is 16.7 Å². The lowest BCUT2D eigenvalue weighted by Crippen LogP contribution is -2.38. The SMILES string of the molecule is CC(CNS(=O)(=O)C(F)(F)F)c1ccc(-c2ccccc2F)cc1. The molecule has 0 aliphatic carbocycles. The molecule has 1 unspecified atom stereocenters. The Balaban J connectivity index is 2.10. The molecule has 0 radical (unpaired) electrons. The summed E-state index contributed by atoms with van der Waals surface area (Å²) >= 11 is 0. The monoisotopic (exact) mass is 361 g/mol. The van der Waals surface area contributed by atoms with Gasteiger partial charge in [-0.05, 0) is 23.1 Å². The number of hydrogen-bond acceptors (Lipinski definition) is 2. The molecule has 2 rings (SSSR count). The second-order valence-electron chi connectivity index (χ2n) is 5.30. The zero-order valence-corrected chi connectivity index (χ0v) is 13.5.